The van der Waals surface area contributed by atoms with Gasteiger partial charge in [0.25, 0.3) is 0 Å². The van der Waals surface area contributed by atoms with Crippen molar-refractivity contribution in [3.8, 4) is 0 Å². The van der Waals surface area contributed by atoms with E-state index in [4.69, 9.17) is 9.47 Å². The van der Waals surface area contributed by atoms with Crippen LogP contribution in [0.2, 0.25) is 0 Å². The van der Waals surface area contributed by atoms with Gasteiger partial charge in [0.2, 0.25) is 0 Å². The van der Waals surface area contributed by atoms with Gasteiger partial charge in [-0.3, -0.25) is 14.9 Å². The second kappa shape index (κ2) is 10.9. The van der Waals surface area contributed by atoms with E-state index in [0.717, 1.165) is 6.07 Å². The molecule has 0 heterocycles. The largest absolute Gasteiger partial charge is 0.374 e. The number of halogens is 3. The number of carbonyl (C=O) groups excluding carboxylic acids is 1. The van der Waals surface area contributed by atoms with Crippen LogP contribution in [-0.4, -0.2) is 36.8 Å². The van der Waals surface area contributed by atoms with E-state index < -0.39 is 22.8 Å². The number of nitro groups is 1. The summed E-state index contributed by atoms with van der Waals surface area (Å²) in [6, 6.07) is 5.29. The molecule has 0 radical (unpaired) electrons. The predicted octanol–water partition coefficient (Wildman–Crippen LogP) is 5.61. The molecule has 0 aliphatic carbocycles. The standard InChI is InChI=1S/C20H21Br2FN2O5/c1-4-29-16(30-5-2)10-24-15-9-14(21)17(18(22)19(15)25(27)28)20(26)13-8-12(23)7-6-11(13)3/h6-9,16,24H,4-5,10H2,1-3H3. The molecule has 10 heteroatoms. The number of carbonyl (C=O) groups is 1. The van der Waals surface area contributed by atoms with E-state index in [1.54, 1.807) is 6.92 Å². The summed E-state index contributed by atoms with van der Waals surface area (Å²) in [7, 11) is 0. The summed E-state index contributed by atoms with van der Waals surface area (Å²) in [5.74, 6) is -1.11. The Labute approximate surface area is 190 Å². The Morgan fingerprint density at radius 1 is 1.23 bits per heavy atom. The van der Waals surface area contributed by atoms with Crippen LogP contribution in [0.15, 0.2) is 33.2 Å². The lowest BCUT2D eigenvalue weighted by Crippen LogP contribution is -2.26. The molecule has 0 atom stereocenters. The fourth-order valence-electron chi connectivity index (χ4n) is 2.83. The maximum Gasteiger partial charge on any atom is 0.307 e. The molecule has 0 aliphatic rings. The molecule has 2 aromatic carbocycles. The molecule has 0 amide bonds. The van der Waals surface area contributed by atoms with E-state index in [9.17, 15) is 19.3 Å². The van der Waals surface area contributed by atoms with Crippen LogP contribution in [0.3, 0.4) is 0 Å². The minimum atomic E-state index is -0.593. The number of nitrogens with zero attached hydrogens (tertiary/aromatic N) is 1. The first-order chi connectivity index (χ1) is 14.2. The molecular weight excluding hydrogens is 527 g/mol. The smallest absolute Gasteiger partial charge is 0.307 e. The molecule has 30 heavy (non-hydrogen) atoms. The maximum atomic E-state index is 13.7. The molecule has 0 fully saturated rings. The minimum absolute atomic E-state index is 0.0117. The summed E-state index contributed by atoms with van der Waals surface area (Å²) in [5.41, 5.74) is 0.575. The van der Waals surface area contributed by atoms with E-state index in [0.29, 0.717) is 23.2 Å². The van der Waals surface area contributed by atoms with Gasteiger partial charge in [0.1, 0.15) is 16.0 Å². The van der Waals surface area contributed by atoms with Crippen molar-refractivity contribution in [3.63, 3.8) is 0 Å². The monoisotopic (exact) mass is 546 g/mol. The number of hydrogen-bond donors (Lipinski definition) is 1. The van der Waals surface area contributed by atoms with Crippen molar-refractivity contribution in [2.24, 2.45) is 0 Å². The lowest BCUT2D eigenvalue weighted by molar-refractivity contribution is -0.384. The highest BCUT2D eigenvalue weighted by Crippen LogP contribution is 2.41. The van der Waals surface area contributed by atoms with Crippen LogP contribution in [0.5, 0.6) is 0 Å². The van der Waals surface area contributed by atoms with Gasteiger partial charge in [0, 0.05) is 23.2 Å². The molecule has 0 spiro atoms. The van der Waals surface area contributed by atoms with Gasteiger partial charge in [-0.1, -0.05) is 6.07 Å². The fraction of sp³-hybridized carbons (Fsp3) is 0.350. The van der Waals surface area contributed by atoms with Gasteiger partial charge in [0.15, 0.2) is 12.1 Å². The molecule has 0 bridgehead atoms. The molecule has 0 unspecified atom stereocenters. The second-order valence-electron chi connectivity index (χ2n) is 6.21. The van der Waals surface area contributed by atoms with E-state index >= 15 is 0 Å². The molecule has 0 aliphatic heterocycles. The van der Waals surface area contributed by atoms with Crippen molar-refractivity contribution < 1.29 is 23.6 Å². The van der Waals surface area contributed by atoms with Gasteiger partial charge in [-0.05, 0) is 76.4 Å². The molecule has 1 N–H and O–H groups in total. The molecule has 0 saturated carbocycles. The third-order valence-electron chi connectivity index (χ3n) is 4.21. The van der Waals surface area contributed by atoms with Gasteiger partial charge >= 0.3 is 5.69 Å². The molecule has 0 saturated heterocycles. The average molecular weight is 548 g/mol. The lowest BCUT2D eigenvalue weighted by Gasteiger charge is -2.19. The zero-order valence-corrected chi connectivity index (χ0v) is 19.8. The topological polar surface area (TPSA) is 90.7 Å². The van der Waals surface area contributed by atoms with Gasteiger partial charge in [0.05, 0.1) is 17.0 Å². The summed E-state index contributed by atoms with van der Waals surface area (Å²) in [6.45, 7) is 6.30. The number of ketones is 1. The van der Waals surface area contributed by atoms with Crippen molar-refractivity contribution in [3.05, 3.63) is 65.8 Å². The number of ether oxygens (including phenoxy) is 2. The van der Waals surface area contributed by atoms with Crippen LogP contribution in [0.25, 0.3) is 0 Å². The number of aryl methyl sites for hydroxylation is 1. The van der Waals surface area contributed by atoms with Crippen LogP contribution in [0.4, 0.5) is 15.8 Å². The van der Waals surface area contributed by atoms with Gasteiger partial charge < -0.3 is 14.8 Å². The van der Waals surface area contributed by atoms with Crippen LogP contribution in [0.1, 0.15) is 35.3 Å². The highest BCUT2D eigenvalue weighted by Gasteiger charge is 2.29. The zero-order valence-electron chi connectivity index (χ0n) is 16.6. The van der Waals surface area contributed by atoms with Crippen LogP contribution >= 0.6 is 31.9 Å². The van der Waals surface area contributed by atoms with Gasteiger partial charge in [-0.25, -0.2) is 4.39 Å². The quantitative estimate of drug-likeness (QED) is 0.180. The Morgan fingerprint density at radius 2 is 1.87 bits per heavy atom. The van der Waals surface area contributed by atoms with Gasteiger partial charge in [-0.15, -0.1) is 0 Å². The van der Waals surface area contributed by atoms with Crippen LogP contribution < -0.4 is 5.32 Å². The van der Waals surface area contributed by atoms with Crippen molar-refractivity contribution in [1.82, 2.24) is 0 Å². The molecule has 162 valence electrons. The van der Waals surface area contributed by atoms with Crippen LogP contribution in [-0.2, 0) is 9.47 Å². The second-order valence-corrected chi connectivity index (χ2v) is 7.86. The van der Waals surface area contributed by atoms with E-state index in [2.05, 4.69) is 37.2 Å². The Balaban J connectivity index is 2.48. The summed E-state index contributed by atoms with van der Waals surface area (Å²) < 4.78 is 24.9. The average Bonchev–Trinajstić information content (AvgIpc) is 2.67. The van der Waals surface area contributed by atoms with Crippen molar-refractivity contribution in [2.45, 2.75) is 27.1 Å². The van der Waals surface area contributed by atoms with Gasteiger partial charge in [-0.2, -0.15) is 0 Å². The molecule has 2 aromatic rings. The number of hydrogen-bond acceptors (Lipinski definition) is 6. The number of nitro benzene ring substituents is 1. The Hall–Kier alpha value is -1.88. The first-order valence-electron chi connectivity index (χ1n) is 9.15. The highest BCUT2D eigenvalue weighted by atomic mass is 79.9. The minimum Gasteiger partial charge on any atom is -0.374 e. The predicted molar refractivity (Wildman–Crippen MR) is 119 cm³/mol. The maximum absolute atomic E-state index is 13.7. The first-order valence-corrected chi connectivity index (χ1v) is 10.7. The first kappa shape index (κ1) is 24.4. The molecule has 7 nitrogen and oxygen atoms in total. The fourth-order valence-corrected chi connectivity index (χ4v) is 4.46. The van der Waals surface area contributed by atoms with E-state index in [1.807, 2.05) is 13.8 Å². The molecule has 2 rings (SSSR count). The third-order valence-corrected chi connectivity index (χ3v) is 5.61. The zero-order chi connectivity index (χ0) is 22.4. The summed E-state index contributed by atoms with van der Waals surface area (Å²) in [5, 5.41) is 14.7. The number of nitrogens with one attached hydrogen (secondary N) is 1. The summed E-state index contributed by atoms with van der Waals surface area (Å²) >= 11 is 6.53. The Kier molecular flexibility index (Phi) is 8.90. The number of benzene rings is 2. The van der Waals surface area contributed by atoms with E-state index in [1.165, 1.54) is 18.2 Å². The number of anilines is 1. The summed E-state index contributed by atoms with van der Waals surface area (Å²) in [4.78, 5) is 24.2. The highest BCUT2D eigenvalue weighted by molar-refractivity contribution is 9.11. The number of rotatable bonds is 10. The van der Waals surface area contributed by atoms with Crippen molar-refractivity contribution in [1.29, 1.82) is 0 Å². The third kappa shape index (κ3) is 5.63. The van der Waals surface area contributed by atoms with Crippen molar-refractivity contribution >= 4 is 49.0 Å². The van der Waals surface area contributed by atoms with Crippen LogP contribution in [0, 0.1) is 22.9 Å². The molecule has 0 aromatic heterocycles. The Bertz CT molecular complexity index is 949. The van der Waals surface area contributed by atoms with E-state index in [-0.39, 0.29) is 33.5 Å². The lowest BCUT2D eigenvalue weighted by atomic mass is 9.98. The summed E-state index contributed by atoms with van der Waals surface area (Å²) in [6.07, 6.45) is -0.589. The van der Waals surface area contributed by atoms with Crippen molar-refractivity contribution in [2.75, 3.05) is 25.1 Å². The Morgan fingerprint density at radius 3 is 2.43 bits per heavy atom. The normalized spacial score (nSPS) is 11.0. The molecular formula is C20H21Br2FN2O5. The SMILES string of the molecule is CCOC(CNc1cc(Br)c(C(=O)c2cc(F)ccc2C)c(Br)c1[N+](=O)[O-])OCC.